The van der Waals surface area contributed by atoms with Crippen molar-refractivity contribution in [2.24, 2.45) is 11.8 Å². The van der Waals surface area contributed by atoms with E-state index >= 15 is 0 Å². The first-order valence-corrected chi connectivity index (χ1v) is 6.87. The number of imide groups is 1. The van der Waals surface area contributed by atoms with Crippen molar-refractivity contribution in [3.63, 3.8) is 0 Å². The van der Waals surface area contributed by atoms with Gasteiger partial charge in [-0.15, -0.1) is 0 Å². The van der Waals surface area contributed by atoms with Gasteiger partial charge in [-0.1, -0.05) is 18.2 Å². The van der Waals surface area contributed by atoms with Gasteiger partial charge in [0, 0.05) is 0 Å². The third kappa shape index (κ3) is 1.34. The maximum atomic E-state index is 12.6. The Kier molecular flexibility index (Phi) is 2.25. The summed E-state index contributed by atoms with van der Waals surface area (Å²) < 4.78 is 5.63. The van der Waals surface area contributed by atoms with Gasteiger partial charge in [0.05, 0.1) is 29.7 Å². The normalized spacial score (nSPS) is 34.2. The van der Waals surface area contributed by atoms with Gasteiger partial charge in [0.2, 0.25) is 11.8 Å². The molecule has 0 radical (unpaired) electrons. The first-order valence-electron chi connectivity index (χ1n) is 6.87. The van der Waals surface area contributed by atoms with Crippen LogP contribution in [0.2, 0.25) is 0 Å². The van der Waals surface area contributed by atoms with Crippen LogP contribution in [0.4, 0.5) is 5.69 Å². The Morgan fingerprint density at radius 1 is 0.950 bits per heavy atom. The van der Waals surface area contributed by atoms with Crippen molar-refractivity contribution in [1.29, 1.82) is 0 Å². The number of carbonyl (C=O) groups excluding carboxylic acids is 2. The summed E-state index contributed by atoms with van der Waals surface area (Å²) in [4.78, 5) is 26.5. The second-order valence-electron chi connectivity index (χ2n) is 5.78. The molecule has 2 saturated heterocycles. The van der Waals surface area contributed by atoms with Crippen molar-refractivity contribution in [2.45, 2.75) is 26.1 Å². The van der Waals surface area contributed by atoms with Gasteiger partial charge >= 0.3 is 0 Å². The molecule has 20 heavy (non-hydrogen) atoms. The smallest absolute Gasteiger partial charge is 0.240 e. The van der Waals surface area contributed by atoms with E-state index in [2.05, 4.69) is 0 Å². The molecule has 4 atom stereocenters. The van der Waals surface area contributed by atoms with Gasteiger partial charge < -0.3 is 4.74 Å². The number of rotatable bonds is 1. The van der Waals surface area contributed by atoms with E-state index in [4.69, 9.17) is 4.74 Å². The Morgan fingerprint density at radius 2 is 1.55 bits per heavy atom. The highest BCUT2D eigenvalue weighted by atomic mass is 16.5. The third-order valence-corrected chi connectivity index (χ3v) is 4.66. The van der Waals surface area contributed by atoms with Crippen LogP contribution >= 0.6 is 0 Å². The number of anilines is 1. The Hall–Kier alpha value is -1.94. The van der Waals surface area contributed by atoms with Crippen LogP contribution < -0.4 is 4.90 Å². The lowest BCUT2D eigenvalue weighted by molar-refractivity contribution is -0.124. The average Bonchev–Trinajstić information content (AvgIpc) is 3.08. The minimum Gasteiger partial charge on any atom is -0.365 e. The second kappa shape index (κ2) is 3.79. The monoisotopic (exact) mass is 269 g/mol. The van der Waals surface area contributed by atoms with Gasteiger partial charge in [0.25, 0.3) is 0 Å². The molecule has 4 nitrogen and oxygen atoms in total. The second-order valence-corrected chi connectivity index (χ2v) is 5.78. The molecule has 1 aromatic rings. The number of ether oxygens (including phenoxy) is 1. The molecule has 2 amide bonds. The van der Waals surface area contributed by atoms with E-state index < -0.39 is 0 Å². The molecule has 102 valence electrons. The summed E-state index contributed by atoms with van der Waals surface area (Å²) in [6, 6.07) is 5.69. The molecule has 3 aliphatic heterocycles. The van der Waals surface area contributed by atoms with Crippen LogP contribution in [0.5, 0.6) is 0 Å². The summed E-state index contributed by atoms with van der Waals surface area (Å²) in [6.45, 7) is 4.00. The SMILES string of the molecule is Cc1ccc(N2C(=O)[C@@H]3[C@@H](C2=O)[C@H]2C=C[C@H]3O2)cc1C. The summed E-state index contributed by atoms with van der Waals surface area (Å²) in [6.07, 6.45) is 3.36. The quantitative estimate of drug-likeness (QED) is 0.576. The fraction of sp³-hybridized carbons (Fsp3) is 0.375. The van der Waals surface area contributed by atoms with Gasteiger partial charge in [-0.25, -0.2) is 4.90 Å². The Bertz CT molecular complexity index is 634. The molecule has 0 aliphatic carbocycles. The van der Waals surface area contributed by atoms with Gasteiger partial charge in [-0.05, 0) is 37.1 Å². The minimum atomic E-state index is -0.334. The topological polar surface area (TPSA) is 46.6 Å². The van der Waals surface area contributed by atoms with Crippen molar-refractivity contribution in [3.05, 3.63) is 41.5 Å². The Morgan fingerprint density at radius 3 is 2.10 bits per heavy atom. The number of fused-ring (bicyclic) bond motifs is 5. The summed E-state index contributed by atoms with van der Waals surface area (Å²) in [7, 11) is 0. The zero-order chi connectivity index (χ0) is 14.0. The molecule has 3 aliphatic rings. The summed E-state index contributed by atoms with van der Waals surface area (Å²) in [5, 5.41) is 0. The zero-order valence-electron chi connectivity index (χ0n) is 11.4. The van der Waals surface area contributed by atoms with E-state index in [1.165, 1.54) is 4.90 Å². The molecular formula is C16H15NO3. The third-order valence-electron chi connectivity index (χ3n) is 4.66. The molecule has 0 unspecified atom stereocenters. The van der Waals surface area contributed by atoms with Crippen LogP contribution in [0.3, 0.4) is 0 Å². The fourth-order valence-electron chi connectivity index (χ4n) is 3.42. The maximum absolute atomic E-state index is 12.6. The molecule has 2 bridgehead atoms. The number of hydrogen-bond donors (Lipinski definition) is 0. The minimum absolute atomic E-state index is 0.125. The van der Waals surface area contributed by atoms with Crippen molar-refractivity contribution in [1.82, 2.24) is 0 Å². The van der Waals surface area contributed by atoms with E-state index in [9.17, 15) is 9.59 Å². The predicted octanol–water partition coefficient (Wildman–Crippen LogP) is 1.75. The zero-order valence-corrected chi connectivity index (χ0v) is 11.4. The van der Waals surface area contributed by atoms with Gasteiger partial charge in [-0.3, -0.25) is 9.59 Å². The van der Waals surface area contributed by atoms with Gasteiger partial charge in [0.1, 0.15) is 0 Å². The van der Waals surface area contributed by atoms with E-state index in [0.29, 0.717) is 5.69 Å². The van der Waals surface area contributed by atoms with Crippen LogP contribution in [0.15, 0.2) is 30.4 Å². The lowest BCUT2D eigenvalue weighted by Crippen LogP contribution is -2.34. The van der Waals surface area contributed by atoms with Crippen molar-refractivity contribution >= 4 is 17.5 Å². The first-order chi connectivity index (χ1) is 9.58. The number of hydrogen-bond acceptors (Lipinski definition) is 3. The average molecular weight is 269 g/mol. The van der Waals surface area contributed by atoms with E-state index in [1.54, 1.807) is 0 Å². The molecule has 0 saturated carbocycles. The van der Waals surface area contributed by atoms with Gasteiger partial charge in [0.15, 0.2) is 0 Å². The van der Waals surface area contributed by atoms with E-state index in [1.807, 2.05) is 44.2 Å². The summed E-state index contributed by atoms with van der Waals surface area (Å²) >= 11 is 0. The number of amides is 2. The predicted molar refractivity (Wildman–Crippen MR) is 73.2 cm³/mol. The highest BCUT2D eigenvalue weighted by Crippen LogP contribution is 2.46. The molecule has 2 fully saturated rings. The van der Waals surface area contributed by atoms with Crippen LogP contribution in [0.25, 0.3) is 0 Å². The van der Waals surface area contributed by atoms with Crippen LogP contribution in [0, 0.1) is 25.7 Å². The van der Waals surface area contributed by atoms with Crippen LogP contribution in [-0.4, -0.2) is 24.0 Å². The molecule has 3 heterocycles. The molecule has 0 N–H and O–H groups in total. The van der Waals surface area contributed by atoms with Crippen LogP contribution in [-0.2, 0) is 14.3 Å². The van der Waals surface area contributed by atoms with Crippen molar-refractivity contribution in [3.8, 4) is 0 Å². The largest absolute Gasteiger partial charge is 0.365 e. The van der Waals surface area contributed by atoms with E-state index in [-0.39, 0.29) is 35.9 Å². The lowest BCUT2D eigenvalue weighted by atomic mass is 9.85. The standard InChI is InChI=1S/C16H15NO3/c1-8-3-4-10(7-9(8)2)17-15(18)13-11-5-6-12(20-11)14(13)16(17)19/h3-7,11-14H,1-2H3/t11-,12-,13+,14+/m1/s1. The Labute approximate surface area is 117 Å². The molecule has 1 aromatic carbocycles. The highest BCUT2D eigenvalue weighted by molar-refractivity contribution is 6.23. The molecule has 0 spiro atoms. The number of nitrogens with zero attached hydrogens (tertiary/aromatic N) is 1. The van der Waals surface area contributed by atoms with Gasteiger partial charge in [-0.2, -0.15) is 0 Å². The summed E-state index contributed by atoms with van der Waals surface area (Å²) in [5.74, 6) is -0.918. The molecule has 4 heteroatoms. The van der Waals surface area contributed by atoms with Crippen molar-refractivity contribution in [2.75, 3.05) is 4.90 Å². The van der Waals surface area contributed by atoms with Crippen molar-refractivity contribution < 1.29 is 14.3 Å². The fourth-order valence-corrected chi connectivity index (χ4v) is 3.42. The number of benzene rings is 1. The molecule has 0 aromatic heterocycles. The molecular weight excluding hydrogens is 254 g/mol. The molecule has 4 rings (SSSR count). The lowest BCUT2D eigenvalue weighted by Gasteiger charge is -2.18. The first kappa shape index (κ1) is 11.9. The Balaban J connectivity index is 1.76. The maximum Gasteiger partial charge on any atom is 0.240 e. The number of aryl methyl sites for hydroxylation is 2. The van der Waals surface area contributed by atoms with Crippen LogP contribution in [0.1, 0.15) is 11.1 Å². The summed E-state index contributed by atoms with van der Waals surface area (Å²) in [5.41, 5.74) is 2.91. The van der Waals surface area contributed by atoms with E-state index in [0.717, 1.165) is 11.1 Å². The number of carbonyl (C=O) groups is 2. The highest BCUT2D eigenvalue weighted by Gasteiger charge is 2.60.